The van der Waals surface area contributed by atoms with E-state index < -0.39 is 0 Å². The van der Waals surface area contributed by atoms with Gasteiger partial charge in [0, 0.05) is 23.3 Å². The molecule has 0 N–H and O–H groups in total. The minimum absolute atomic E-state index is 0.00352. The Morgan fingerprint density at radius 3 is 3.00 bits per heavy atom. The van der Waals surface area contributed by atoms with Crippen LogP contribution in [0.5, 0.6) is 0 Å². The van der Waals surface area contributed by atoms with E-state index in [9.17, 15) is 4.79 Å². The fraction of sp³-hybridized carbons (Fsp3) is 0.417. The van der Waals surface area contributed by atoms with Gasteiger partial charge in [0.05, 0.1) is 10.6 Å². The zero-order valence-electron chi connectivity index (χ0n) is 9.45. The summed E-state index contributed by atoms with van der Waals surface area (Å²) in [5, 5.41) is 0.510. The largest absolute Gasteiger partial charge is 0.338 e. The number of halogens is 2. The number of nitrogens with zero attached hydrogens (tertiary/aromatic N) is 1. The second-order valence-corrected chi connectivity index (χ2v) is 6.53. The van der Waals surface area contributed by atoms with Crippen LogP contribution in [-0.4, -0.2) is 35.4 Å². The molecule has 1 heterocycles. The number of hydrogen-bond acceptors (Lipinski definition) is 2. The molecule has 1 amide bonds. The topological polar surface area (TPSA) is 20.3 Å². The molecule has 1 aliphatic heterocycles. The lowest BCUT2D eigenvalue weighted by Gasteiger charge is -2.24. The maximum Gasteiger partial charge on any atom is 0.255 e. The number of thioether (sulfide) groups is 1. The number of benzene rings is 1. The van der Waals surface area contributed by atoms with Crippen LogP contribution in [0.3, 0.4) is 0 Å². The summed E-state index contributed by atoms with van der Waals surface area (Å²) in [6.07, 6.45) is 1.07. The molecule has 1 aromatic carbocycles. The molecule has 0 bridgehead atoms. The lowest BCUT2D eigenvalue weighted by Crippen LogP contribution is -2.37. The van der Waals surface area contributed by atoms with Gasteiger partial charge in [-0.2, -0.15) is 11.8 Å². The summed E-state index contributed by atoms with van der Waals surface area (Å²) < 4.78 is 0.874. The monoisotopic (exact) mass is 333 g/mol. The van der Waals surface area contributed by atoms with Gasteiger partial charge in [0.15, 0.2) is 0 Å². The Hall–Kier alpha value is -0.190. The summed E-state index contributed by atoms with van der Waals surface area (Å²) >= 11 is 11.3. The molecule has 2 rings (SSSR count). The molecule has 17 heavy (non-hydrogen) atoms. The molecule has 92 valence electrons. The van der Waals surface area contributed by atoms with Crippen LogP contribution in [0.25, 0.3) is 0 Å². The lowest BCUT2D eigenvalue weighted by molar-refractivity contribution is 0.0748. The normalized spacial score (nSPS) is 19.4. The molecular weight excluding hydrogens is 322 g/mol. The maximum absolute atomic E-state index is 12.3. The third-order valence-electron chi connectivity index (χ3n) is 2.93. The minimum Gasteiger partial charge on any atom is -0.338 e. The van der Waals surface area contributed by atoms with Gasteiger partial charge in [-0.15, -0.1) is 0 Å². The smallest absolute Gasteiger partial charge is 0.255 e. The van der Waals surface area contributed by atoms with Crippen molar-refractivity contribution in [3.05, 3.63) is 33.3 Å². The van der Waals surface area contributed by atoms with Crippen molar-refractivity contribution >= 4 is 45.2 Å². The zero-order chi connectivity index (χ0) is 12.4. The molecule has 0 radical (unpaired) electrons. The third kappa shape index (κ3) is 2.98. The molecule has 1 aliphatic rings. The van der Waals surface area contributed by atoms with Crippen molar-refractivity contribution in [2.24, 2.45) is 0 Å². The molecule has 1 fully saturated rings. The summed E-state index contributed by atoms with van der Waals surface area (Å²) in [4.78, 5) is 14.1. The number of amides is 1. The average Bonchev–Trinajstić information content (AvgIpc) is 2.84. The first-order valence-corrected chi connectivity index (χ1v) is 7.72. The van der Waals surface area contributed by atoms with Gasteiger partial charge in [-0.05, 0) is 30.4 Å². The lowest BCUT2D eigenvalue weighted by atomic mass is 10.1. The van der Waals surface area contributed by atoms with Crippen molar-refractivity contribution in [2.45, 2.75) is 12.5 Å². The predicted octanol–water partition coefficient (Wildman–Crippen LogP) is 3.68. The van der Waals surface area contributed by atoms with Gasteiger partial charge in [-0.1, -0.05) is 27.5 Å². The summed E-state index contributed by atoms with van der Waals surface area (Å²) in [7, 11) is 1.86. The predicted molar refractivity (Wildman–Crippen MR) is 77.0 cm³/mol. The number of hydrogen-bond donors (Lipinski definition) is 0. The number of rotatable bonds is 2. The van der Waals surface area contributed by atoms with Gasteiger partial charge >= 0.3 is 0 Å². The van der Waals surface area contributed by atoms with Gasteiger partial charge in [0.25, 0.3) is 5.91 Å². The van der Waals surface area contributed by atoms with Crippen molar-refractivity contribution in [1.29, 1.82) is 0 Å². The third-order valence-corrected chi connectivity index (χ3v) is 4.90. The highest BCUT2D eigenvalue weighted by molar-refractivity contribution is 9.10. The highest BCUT2D eigenvalue weighted by Crippen LogP contribution is 2.26. The SMILES string of the molecule is CN(C(=O)c1cc(Br)ccc1Cl)C1CCSC1. The van der Waals surface area contributed by atoms with Crippen LogP contribution >= 0.6 is 39.3 Å². The Balaban J connectivity index is 2.20. The van der Waals surface area contributed by atoms with Gasteiger partial charge in [-0.3, -0.25) is 4.79 Å². The van der Waals surface area contributed by atoms with E-state index in [-0.39, 0.29) is 5.91 Å². The first kappa shape index (κ1) is 13.2. The molecule has 5 heteroatoms. The van der Waals surface area contributed by atoms with Crippen LogP contribution in [0.2, 0.25) is 5.02 Å². The average molecular weight is 335 g/mol. The van der Waals surface area contributed by atoms with Crippen LogP contribution in [0, 0.1) is 0 Å². The molecule has 0 spiro atoms. The number of carbonyl (C=O) groups excluding carboxylic acids is 1. The Morgan fingerprint density at radius 1 is 1.59 bits per heavy atom. The molecule has 1 atom stereocenters. The molecular formula is C12H13BrClNOS. The minimum atomic E-state index is 0.00352. The van der Waals surface area contributed by atoms with Crippen LogP contribution < -0.4 is 0 Å². The van der Waals surface area contributed by atoms with Crippen LogP contribution in [0.15, 0.2) is 22.7 Å². The van der Waals surface area contributed by atoms with E-state index in [1.165, 1.54) is 0 Å². The second-order valence-electron chi connectivity index (χ2n) is 4.06. The standard InChI is InChI=1S/C12H13BrClNOS/c1-15(9-4-5-17-7-9)12(16)10-6-8(13)2-3-11(10)14/h2-3,6,9H,4-5,7H2,1H3. The first-order chi connectivity index (χ1) is 8.09. The van der Waals surface area contributed by atoms with E-state index in [1.54, 1.807) is 12.1 Å². The van der Waals surface area contributed by atoms with E-state index >= 15 is 0 Å². The van der Waals surface area contributed by atoms with Crippen molar-refractivity contribution in [2.75, 3.05) is 18.6 Å². The van der Waals surface area contributed by atoms with Gasteiger partial charge < -0.3 is 4.90 Å². The summed E-state index contributed by atoms with van der Waals surface area (Å²) in [6, 6.07) is 5.70. The first-order valence-electron chi connectivity index (χ1n) is 5.39. The van der Waals surface area contributed by atoms with E-state index in [2.05, 4.69) is 15.9 Å². The fourth-order valence-corrected chi connectivity index (χ4v) is 3.67. The summed E-state index contributed by atoms with van der Waals surface area (Å²) in [6.45, 7) is 0. The van der Waals surface area contributed by atoms with Gasteiger partial charge in [0.2, 0.25) is 0 Å². The summed E-state index contributed by atoms with van der Waals surface area (Å²) in [5.41, 5.74) is 0.570. The highest BCUT2D eigenvalue weighted by Gasteiger charge is 2.25. The summed E-state index contributed by atoms with van der Waals surface area (Å²) in [5.74, 6) is 2.16. The van der Waals surface area contributed by atoms with Crippen molar-refractivity contribution in [1.82, 2.24) is 4.90 Å². The van der Waals surface area contributed by atoms with Crippen LogP contribution in [0.4, 0.5) is 0 Å². The number of carbonyl (C=O) groups is 1. The molecule has 0 saturated carbocycles. The molecule has 1 aromatic rings. The zero-order valence-corrected chi connectivity index (χ0v) is 12.6. The molecule has 1 saturated heterocycles. The van der Waals surface area contributed by atoms with E-state index in [1.807, 2.05) is 29.8 Å². The van der Waals surface area contributed by atoms with Crippen molar-refractivity contribution in [3.63, 3.8) is 0 Å². The Bertz CT molecular complexity index is 435. The van der Waals surface area contributed by atoms with Crippen molar-refractivity contribution in [3.8, 4) is 0 Å². The highest BCUT2D eigenvalue weighted by atomic mass is 79.9. The Labute approximate surface area is 119 Å². The fourth-order valence-electron chi connectivity index (χ4n) is 1.84. The van der Waals surface area contributed by atoms with Crippen LogP contribution in [-0.2, 0) is 0 Å². The molecule has 1 unspecified atom stereocenters. The quantitative estimate of drug-likeness (QED) is 0.822. The van der Waals surface area contributed by atoms with Gasteiger partial charge in [-0.25, -0.2) is 0 Å². The Morgan fingerprint density at radius 2 is 2.35 bits per heavy atom. The van der Waals surface area contributed by atoms with Crippen molar-refractivity contribution < 1.29 is 4.79 Å². The van der Waals surface area contributed by atoms with Gasteiger partial charge in [0.1, 0.15) is 0 Å². The molecule has 0 aromatic heterocycles. The van der Waals surface area contributed by atoms with E-state index in [0.29, 0.717) is 16.6 Å². The second kappa shape index (κ2) is 5.63. The van der Waals surface area contributed by atoms with E-state index in [0.717, 1.165) is 22.4 Å². The van der Waals surface area contributed by atoms with Crippen LogP contribution in [0.1, 0.15) is 16.8 Å². The maximum atomic E-state index is 12.3. The Kier molecular flexibility index (Phi) is 4.39. The van der Waals surface area contributed by atoms with E-state index in [4.69, 9.17) is 11.6 Å². The molecule has 2 nitrogen and oxygen atoms in total. The molecule has 0 aliphatic carbocycles.